The molecule has 0 unspecified atom stereocenters. The Balaban J connectivity index is 1.70. The zero-order chi connectivity index (χ0) is 22.5. The average molecular weight is 431 g/mol. The molecule has 4 rings (SSSR count). The maximum absolute atomic E-state index is 14.0. The Bertz CT molecular complexity index is 986. The van der Waals surface area contributed by atoms with Crippen molar-refractivity contribution in [1.82, 2.24) is 9.80 Å². The number of phenols is 1. The van der Waals surface area contributed by atoms with Crippen molar-refractivity contribution in [2.24, 2.45) is 0 Å². The fourth-order valence-electron chi connectivity index (χ4n) is 4.55. The van der Waals surface area contributed by atoms with Crippen LogP contribution in [0.25, 0.3) is 0 Å². The van der Waals surface area contributed by atoms with Crippen LogP contribution in [0.1, 0.15) is 35.1 Å². The Hall–Kier alpha value is -3.15. The lowest BCUT2D eigenvalue weighted by Crippen LogP contribution is -2.41. The summed E-state index contributed by atoms with van der Waals surface area (Å²) in [7, 11) is 1.81. The van der Waals surface area contributed by atoms with Gasteiger partial charge in [0.15, 0.2) is 0 Å². The van der Waals surface area contributed by atoms with Crippen molar-refractivity contribution in [1.29, 1.82) is 0 Å². The van der Waals surface area contributed by atoms with Crippen LogP contribution in [0.2, 0.25) is 0 Å². The van der Waals surface area contributed by atoms with Crippen molar-refractivity contribution >= 4 is 5.91 Å². The Morgan fingerprint density at radius 1 is 0.969 bits per heavy atom. The first-order chi connectivity index (χ1) is 15.5. The van der Waals surface area contributed by atoms with E-state index in [0.29, 0.717) is 18.7 Å². The largest absolute Gasteiger partial charge is 0.508 e. The summed E-state index contributed by atoms with van der Waals surface area (Å²) in [4.78, 5) is 17.9. The molecule has 1 amide bonds. The molecule has 0 spiro atoms. The molecule has 32 heavy (non-hydrogen) atoms. The molecule has 1 saturated heterocycles. The first-order valence-corrected chi connectivity index (χ1v) is 11.1. The van der Waals surface area contributed by atoms with E-state index < -0.39 is 5.92 Å². The number of hydrogen-bond donors (Lipinski definition) is 2. The van der Waals surface area contributed by atoms with Gasteiger partial charge in [-0.3, -0.25) is 9.69 Å². The molecule has 3 aromatic carbocycles. The number of aliphatic hydroxyl groups excluding tert-OH is 1. The highest BCUT2D eigenvalue weighted by atomic mass is 16.3. The van der Waals surface area contributed by atoms with Gasteiger partial charge in [0.2, 0.25) is 5.91 Å². The molecule has 5 nitrogen and oxygen atoms in total. The first-order valence-electron chi connectivity index (χ1n) is 11.1. The summed E-state index contributed by atoms with van der Waals surface area (Å²) in [5.74, 6) is -0.303. The minimum atomic E-state index is -0.445. The topological polar surface area (TPSA) is 64.0 Å². The third-order valence-electron chi connectivity index (χ3n) is 6.30. The Labute approximate surface area is 189 Å². The summed E-state index contributed by atoms with van der Waals surface area (Å²) < 4.78 is 0. The molecule has 2 atom stereocenters. The number of benzene rings is 3. The minimum absolute atomic E-state index is 0.0320. The number of aliphatic hydroxyl groups is 1. The number of amides is 1. The number of rotatable bonds is 7. The Morgan fingerprint density at radius 3 is 2.06 bits per heavy atom. The third kappa shape index (κ3) is 4.85. The van der Waals surface area contributed by atoms with Gasteiger partial charge in [0.05, 0.1) is 18.1 Å². The minimum Gasteiger partial charge on any atom is -0.508 e. The van der Waals surface area contributed by atoms with Crippen LogP contribution in [0.5, 0.6) is 5.75 Å². The molecule has 1 fully saturated rings. The first kappa shape index (κ1) is 22.1. The lowest BCUT2D eigenvalue weighted by Gasteiger charge is -2.34. The molecular weight excluding hydrogens is 400 g/mol. The van der Waals surface area contributed by atoms with Gasteiger partial charge in [0.1, 0.15) is 5.75 Å². The molecule has 0 aromatic heterocycles. The number of aromatic hydroxyl groups is 1. The van der Waals surface area contributed by atoms with E-state index in [4.69, 9.17) is 0 Å². The molecule has 166 valence electrons. The monoisotopic (exact) mass is 430 g/mol. The van der Waals surface area contributed by atoms with Crippen LogP contribution < -0.4 is 0 Å². The van der Waals surface area contributed by atoms with Gasteiger partial charge in [-0.2, -0.15) is 0 Å². The number of phenolic OH excluding ortho intramolecular Hbond substituents is 1. The number of β-amino-alcohol motifs (C(OH)–C–C–N with tert-alkyl or cyclic N) is 1. The van der Waals surface area contributed by atoms with Gasteiger partial charge in [-0.15, -0.1) is 0 Å². The number of hydrogen-bond acceptors (Lipinski definition) is 4. The van der Waals surface area contributed by atoms with Crippen LogP contribution >= 0.6 is 0 Å². The summed E-state index contributed by atoms with van der Waals surface area (Å²) in [5, 5.41) is 20.6. The van der Waals surface area contributed by atoms with Crippen molar-refractivity contribution in [2.45, 2.75) is 24.5 Å². The molecular formula is C27H30N2O3. The zero-order valence-electron chi connectivity index (χ0n) is 18.3. The fraction of sp³-hybridized carbons (Fsp3) is 0.296. The zero-order valence-corrected chi connectivity index (χ0v) is 18.3. The molecule has 5 heteroatoms. The number of nitrogens with zero attached hydrogens (tertiary/aromatic N) is 2. The van der Waals surface area contributed by atoms with Crippen molar-refractivity contribution in [3.63, 3.8) is 0 Å². The smallest absolute Gasteiger partial charge is 0.234 e. The quantitative estimate of drug-likeness (QED) is 0.599. The normalized spacial score (nSPS) is 17.4. The second-order valence-corrected chi connectivity index (χ2v) is 8.48. The summed E-state index contributed by atoms with van der Waals surface area (Å²) >= 11 is 0. The second kappa shape index (κ2) is 9.98. The van der Waals surface area contributed by atoms with Crippen LogP contribution in [0.4, 0.5) is 0 Å². The van der Waals surface area contributed by atoms with Gasteiger partial charge in [-0.05, 0) is 23.6 Å². The fourth-order valence-corrected chi connectivity index (χ4v) is 4.55. The van der Waals surface area contributed by atoms with Gasteiger partial charge in [-0.25, -0.2) is 0 Å². The molecule has 2 N–H and O–H groups in total. The van der Waals surface area contributed by atoms with Crippen molar-refractivity contribution in [2.75, 3.05) is 26.7 Å². The van der Waals surface area contributed by atoms with Gasteiger partial charge >= 0.3 is 0 Å². The Morgan fingerprint density at radius 2 is 1.53 bits per heavy atom. The summed E-state index contributed by atoms with van der Waals surface area (Å²) in [6.45, 7) is 1.90. The van der Waals surface area contributed by atoms with Gasteiger partial charge in [0.25, 0.3) is 0 Å². The van der Waals surface area contributed by atoms with E-state index in [0.717, 1.165) is 24.1 Å². The maximum Gasteiger partial charge on any atom is 0.234 e. The predicted octanol–water partition coefficient (Wildman–Crippen LogP) is 3.79. The van der Waals surface area contributed by atoms with Crippen molar-refractivity contribution in [3.05, 3.63) is 102 Å². The molecule has 1 aliphatic rings. The van der Waals surface area contributed by atoms with Crippen LogP contribution in [-0.2, 0) is 4.79 Å². The van der Waals surface area contributed by atoms with Gasteiger partial charge in [-0.1, -0.05) is 78.9 Å². The number of para-hydroxylation sites is 1. The van der Waals surface area contributed by atoms with Crippen LogP contribution in [0.15, 0.2) is 84.9 Å². The van der Waals surface area contributed by atoms with E-state index in [1.165, 1.54) is 0 Å². The number of carbonyl (C=O) groups is 1. The van der Waals surface area contributed by atoms with E-state index in [-0.39, 0.29) is 23.8 Å². The third-order valence-corrected chi connectivity index (χ3v) is 6.30. The lowest BCUT2D eigenvalue weighted by molar-refractivity contribution is -0.133. The average Bonchev–Trinajstić information content (AvgIpc) is 3.24. The van der Waals surface area contributed by atoms with E-state index in [1.807, 2.05) is 79.8 Å². The summed E-state index contributed by atoms with van der Waals surface area (Å²) in [5.41, 5.74) is 2.58. The molecule has 0 radical (unpaired) electrons. The molecule has 1 aliphatic heterocycles. The highest BCUT2D eigenvalue weighted by molar-refractivity contribution is 5.87. The number of likely N-dealkylation sites (tertiary alicyclic amines) is 1. The highest BCUT2D eigenvalue weighted by Gasteiger charge is 2.33. The molecule has 1 heterocycles. The van der Waals surface area contributed by atoms with E-state index in [1.54, 1.807) is 17.0 Å². The molecule has 0 bridgehead atoms. The predicted molar refractivity (Wildman–Crippen MR) is 125 cm³/mol. The summed E-state index contributed by atoms with van der Waals surface area (Å²) in [6.07, 6.45) is 0.379. The van der Waals surface area contributed by atoms with E-state index in [2.05, 4.69) is 4.90 Å². The molecule has 0 saturated carbocycles. The number of carbonyl (C=O) groups excluding carboxylic acids is 1. The van der Waals surface area contributed by atoms with Gasteiger partial charge < -0.3 is 15.1 Å². The SMILES string of the molecule is CN(C(=O)C(c1ccccc1)c1ccccc1)[C@H](CN1CC[C@H](O)C1)c1ccccc1O. The van der Waals surface area contributed by atoms with Crippen LogP contribution in [-0.4, -0.2) is 58.7 Å². The standard InChI is InChI=1S/C27H30N2O3/c1-28(24(19-29-17-16-22(30)18-29)23-14-8-9-15-25(23)31)27(32)26(20-10-4-2-5-11-20)21-12-6-3-7-13-21/h2-15,22,24,26,30-31H,16-19H2,1H3/t22-,24+/m0/s1. The van der Waals surface area contributed by atoms with Crippen molar-refractivity contribution in [3.8, 4) is 5.75 Å². The van der Waals surface area contributed by atoms with Gasteiger partial charge in [0, 0.05) is 32.2 Å². The molecule has 3 aromatic rings. The van der Waals surface area contributed by atoms with Crippen LogP contribution in [0.3, 0.4) is 0 Å². The highest BCUT2D eigenvalue weighted by Crippen LogP contribution is 2.34. The lowest BCUT2D eigenvalue weighted by atomic mass is 9.89. The van der Waals surface area contributed by atoms with Crippen LogP contribution in [0, 0.1) is 0 Å². The maximum atomic E-state index is 14.0. The number of likely N-dealkylation sites (N-methyl/N-ethyl adjacent to an activating group) is 1. The van der Waals surface area contributed by atoms with E-state index in [9.17, 15) is 15.0 Å². The summed E-state index contributed by atoms with van der Waals surface area (Å²) in [6, 6.07) is 26.5. The Kier molecular flexibility index (Phi) is 6.88. The second-order valence-electron chi connectivity index (χ2n) is 8.48. The van der Waals surface area contributed by atoms with Crippen molar-refractivity contribution < 1.29 is 15.0 Å². The van der Waals surface area contributed by atoms with E-state index >= 15 is 0 Å². The molecule has 0 aliphatic carbocycles.